The SMILES string of the molecule is Cc1ccc(OC(F)(F)c2ccc(OCOc3ccc(-c4ccc(C)cc4)cc3)cc2)cc1. The molecule has 4 aromatic rings. The molecule has 0 aliphatic heterocycles. The van der Waals surface area contributed by atoms with Crippen molar-refractivity contribution in [3.05, 3.63) is 114 Å². The van der Waals surface area contributed by atoms with Gasteiger partial charge in [0.1, 0.15) is 17.2 Å². The average Bonchev–Trinajstić information content (AvgIpc) is 2.82. The van der Waals surface area contributed by atoms with Gasteiger partial charge in [-0.3, -0.25) is 0 Å². The molecule has 168 valence electrons. The summed E-state index contributed by atoms with van der Waals surface area (Å²) < 4.78 is 44.9. The molecule has 0 N–H and O–H groups in total. The highest BCUT2D eigenvalue weighted by atomic mass is 19.3. The normalized spacial score (nSPS) is 11.2. The van der Waals surface area contributed by atoms with E-state index in [1.165, 1.54) is 42.0 Å². The summed E-state index contributed by atoms with van der Waals surface area (Å²) in [6.07, 6.45) is -3.45. The van der Waals surface area contributed by atoms with Crippen molar-refractivity contribution in [2.45, 2.75) is 20.0 Å². The molecule has 5 heteroatoms. The lowest BCUT2D eigenvalue weighted by atomic mass is 10.0. The van der Waals surface area contributed by atoms with Gasteiger partial charge in [-0.25, -0.2) is 0 Å². The molecular weight excluding hydrogens is 422 g/mol. The van der Waals surface area contributed by atoms with E-state index in [0.717, 1.165) is 16.7 Å². The van der Waals surface area contributed by atoms with Gasteiger partial charge in [-0.05, 0) is 73.5 Å². The van der Waals surface area contributed by atoms with Crippen molar-refractivity contribution < 1.29 is 23.0 Å². The average molecular weight is 446 g/mol. The van der Waals surface area contributed by atoms with Gasteiger partial charge in [0.05, 0.1) is 5.56 Å². The summed E-state index contributed by atoms with van der Waals surface area (Å²) in [7, 11) is 0. The van der Waals surface area contributed by atoms with Crippen LogP contribution in [0.15, 0.2) is 97.1 Å². The Hall–Kier alpha value is -3.86. The molecule has 0 atom stereocenters. The topological polar surface area (TPSA) is 27.7 Å². The maximum Gasteiger partial charge on any atom is 0.426 e. The standard InChI is InChI=1S/C28H24F2O3/c1-20-3-7-22(8-4-20)23-9-15-25(16-10-23)31-19-32-26-17-11-24(12-18-26)28(29,30)33-27-13-5-21(2)6-14-27/h3-18H,19H2,1-2H3. The quantitative estimate of drug-likeness (QED) is 0.262. The van der Waals surface area contributed by atoms with Crippen LogP contribution in [0.25, 0.3) is 11.1 Å². The van der Waals surface area contributed by atoms with Gasteiger partial charge in [0, 0.05) is 0 Å². The third-order valence-corrected chi connectivity index (χ3v) is 5.15. The highest BCUT2D eigenvalue weighted by molar-refractivity contribution is 5.64. The van der Waals surface area contributed by atoms with Crippen molar-refractivity contribution in [2.75, 3.05) is 6.79 Å². The van der Waals surface area contributed by atoms with Crippen LogP contribution >= 0.6 is 0 Å². The predicted octanol–water partition coefficient (Wildman–Crippen LogP) is 7.51. The first-order valence-corrected chi connectivity index (χ1v) is 10.6. The fourth-order valence-electron chi connectivity index (χ4n) is 3.21. The van der Waals surface area contributed by atoms with Gasteiger partial charge in [0.25, 0.3) is 0 Å². The summed E-state index contributed by atoms with van der Waals surface area (Å²) in [6.45, 7) is 3.89. The summed E-state index contributed by atoms with van der Waals surface area (Å²) in [6, 6.07) is 27.9. The predicted molar refractivity (Wildman–Crippen MR) is 125 cm³/mol. The largest absolute Gasteiger partial charge is 0.458 e. The summed E-state index contributed by atoms with van der Waals surface area (Å²) in [5, 5.41) is 0. The van der Waals surface area contributed by atoms with Crippen molar-refractivity contribution in [2.24, 2.45) is 0 Å². The van der Waals surface area contributed by atoms with Crippen LogP contribution in [0.5, 0.6) is 17.2 Å². The van der Waals surface area contributed by atoms with E-state index in [9.17, 15) is 8.78 Å². The number of alkyl halides is 2. The fourth-order valence-corrected chi connectivity index (χ4v) is 3.21. The number of ether oxygens (including phenoxy) is 3. The second-order valence-electron chi connectivity index (χ2n) is 7.75. The zero-order valence-electron chi connectivity index (χ0n) is 18.4. The van der Waals surface area contributed by atoms with E-state index < -0.39 is 6.11 Å². The lowest BCUT2D eigenvalue weighted by Gasteiger charge is -2.18. The van der Waals surface area contributed by atoms with Crippen molar-refractivity contribution >= 4 is 0 Å². The minimum absolute atomic E-state index is 0.0422. The van der Waals surface area contributed by atoms with Crippen molar-refractivity contribution in [1.82, 2.24) is 0 Å². The molecule has 0 amide bonds. The van der Waals surface area contributed by atoms with Crippen LogP contribution in [0.4, 0.5) is 8.78 Å². The Morgan fingerprint density at radius 1 is 0.545 bits per heavy atom. The molecule has 0 radical (unpaired) electrons. The lowest BCUT2D eigenvalue weighted by molar-refractivity contribution is -0.185. The Morgan fingerprint density at radius 2 is 0.939 bits per heavy atom. The van der Waals surface area contributed by atoms with Gasteiger partial charge in [-0.15, -0.1) is 0 Å². The monoisotopic (exact) mass is 446 g/mol. The molecule has 4 aromatic carbocycles. The number of benzene rings is 4. The first kappa shape index (κ1) is 22.3. The zero-order chi connectivity index (χ0) is 23.3. The van der Waals surface area contributed by atoms with Crippen LogP contribution in [0.1, 0.15) is 16.7 Å². The van der Waals surface area contributed by atoms with Crippen molar-refractivity contribution in [3.63, 3.8) is 0 Å². The Balaban J connectivity index is 1.30. The lowest BCUT2D eigenvalue weighted by Crippen LogP contribution is -2.21. The van der Waals surface area contributed by atoms with Gasteiger partial charge < -0.3 is 14.2 Å². The molecule has 0 aliphatic rings. The molecule has 3 nitrogen and oxygen atoms in total. The molecule has 0 fully saturated rings. The Morgan fingerprint density at radius 3 is 1.45 bits per heavy atom. The maximum atomic E-state index is 14.4. The molecule has 0 spiro atoms. The molecule has 0 aliphatic carbocycles. The zero-order valence-corrected chi connectivity index (χ0v) is 18.4. The minimum atomic E-state index is -3.45. The molecule has 4 rings (SSSR count). The van der Waals surface area contributed by atoms with Crippen LogP contribution in [0.3, 0.4) is 0 Å². The first-order chi connectivity index (χ1) is 15.9. The maximum absolute atomic E-state index is 14.4. The second-order valence-corrected chi connectivity index (χ2v) is 7.75. The highest BCUT2D eigenvalue weighted by Crippen LogP contribution is 2.32. The van der Waals surface area contributed by atoms with E-state index in [2.05, 4.69) is 31.2 Å². The van der Waals surface area contributed by atoms with Gasteiger partial charge in [0.2, 0.25) is 6.79 Å². The number of hydrogen-bond acceptors (Lipinski definition) is 3. The third-order valence-electron chi connectivity index (χ3n) is 5.15. The van der Waals surface area contributed by atoms with Gasteiger partial charge >= 0.3 is 6.11 Å². The number of hydrogen-bond donors (Lipinski definition) is 0. The highest BCUT2D eigenvalue weighted by Gasteiger charge is 2.34. The number of halogens is 2. The van der Waals surface area contributed by atoms with Crippen LogP contribution in [-0.2, 0) is 6.11 Å². The minimum Gasteiger partial charge on any atom is -0.458 e. The number of rotatable bonds is 8. The van der Waals surface area contributed by atoms with Crippen LogP contribution in [0, 0.1) is 13.8 Å². The van der Waals surface area contributed by atoms with E-state index in [1.54, 1.807) is 12.1 Å². The molecule has 0 saturated carbocycles. The van der Waals surface area contributed by atoms with Crippen LogP contribution < -0.4 is 14.2 Å². The molecule has 0 aromatic heterocycles. The third kappa shape index (κ3) is 5.89. The van der Waals surface area contributed by atoms with Gasteiger partial charge in [-0.2, -0.15) is 8.78 Å². The Labute approximate surface area is 192 Å². The molecule has 0 heterocycles. The molecule has 0 unspecified atom stereocenters. The summed E-state index contributed by atoms with van der Waals surface area (Å²) >= 11 is 0. The van der Waals surface area contributed by atoms with E-state index >= 15 is 0 Å². The fraction of sp³-hybridized carbons (Fsp3) is 0.143. The summed E-state index contributed by atoms with van der Waals surface area (Å²) in [5.41, 5.74) is 4.14. The first-order valence-electron chi connectivity index (χ1n) is 10.6. The second kappa shape index (κ2) is 9.74. The van der Waals surface area contributed by atoms with Crippen LogP contribution in [0.2, 0.25) is 0 Å². The molecule has 0 bridgehead atoms. The smallest absolute Gasteiger partial charge is 0.426 e. The molecular formula is C28H24F2O3. The summed E-state index contributed by atoms with van der Waals surface area (Å²) in [4.78, 5) is 0. The van der Waals surface area contributed by atoms with Crippen LogP contribution in [-0.4, -0.2) is 6.79 Å². The van der Waals surface area contributed by atoms with E-state index in [1.807, 2.05) is 31.2 Å². The Kier molecular flexibility index (Phi) is 6.59. The summed E-state index contributed by atoms with van der Waals surface area (Å²) in [5.74, 6) is 1.18. The van der Waals surface area contributed by atoms with E-state index in [4.69, 9.17) is 14.2 Å². The van der Waals surface area contributed by atoms with E-state index in [-0.39, 0.29) is 18.1 Å². The van der Waals surface area contributed by atoms with Crippen molar-refractivity contribution in [3.8, 4) is 28.4 Å². The van der Waals surface area contributed by atoms with Gasteiger partial charge in [-0.1, -0.05) is 59.7 Å². The molecule has 33 heavy (non-hydrogen) atoms. The number of aryl methyl sites for hydroxylation is 2. The Bertz CT molecular complexity index is 1170. The van der Waals surface area contributed by atoms with E-state index in [0.29, 0.717) is 11.5 Å². The molecule has 0 saturated heterocycles. The van der Waals surface area contributed by atoms with Crippen molar-refractivity contribution in [1.29, 1.82) is 0 Å². The van der Waals surface area contributed by atoms with Gasteiger partial charge in [0.15, 0.2) is 0 Å².